The molecule has 0 radical (unpaired) electrons. The number of thiophene rings is 1. The highest BCUT2D eigenvalue weighted by atomic mass is 32.1. The summed E-state index contributed by atoms with van der Waals surface area (Å²) in [6.45, 7) is 6.90. The molecule has 0 aliphatic rings. The molecule has 3 nitrogen and oxygen atoms in total. The van der Waals surface area contributed by atoms with E-state index in [4.69, 9.17) is 4.98 Å². The Kier molecular flexibility index (Phi) is 7.31. The van der Waals surface area contributed by atoms with Crippen LogP contribution in [0, 0.1) is 5.41 Å². The molecular weight excluding hydrogens is 591 g/mol. The van der Waals surface area contributed by atoms with Gasteiger partial charge in [0.1, 0.15) is 0 Å². The van der Waals surface area contributed by atoms with Crippen LogP contribution in [0.15, 0.2) is 146 Å². The Morgan fingerprint density at radius 3 is 2.02 bits per heavy atom. The molecule has 3 heterocycles. The molecule has 0 aliphatic heterocycles. The second-order valence-electron chi connectivity index (χ2n) is 13.4. The highest BCUT2D eigenvalue weighted by molar-refractivity contribution is 7.27. The van der Waals surface area contributed by atoms with Gasteiger partial charge in [-0.3, -0.25) is 9.97 Å². The fraction of sp³-hybridized carbons (Fsp3) is 0.116. The third-order valence-corrected chi connectivity index (χ3v) is 9.89. The van der Waals surface area contributed by atoms with Crippen molar-refractivity contribution in [2.75, 3.05) is 4.90 Å². The van der Waals surface area contributed by atoms with Crippen molar-refractivity contribution in [2.45, 2.75) is 27.2 Å². The molecule has 8 rings (SSSR count). The van der Waals surface area contributed by atoms with Crippen LogP contribution in [0.25, 0.3) is 53.5 Å². The van der Waals surface area contributed by atoms with Crippen LogP contribution in [-0.2, 0) is 6.42 Å². The van der Waals surface area contributed by atoms with Crippen molar-refractivity contribution in [3.63, 3.8) is 0 Å². The zero-order valence-electron chi connectivity index (χ0n) is 26.8. The highest BCUT2D eigenvalue weighted by Gasteiger charge is 2.18. The molecule has 228 valence electrons. The Balaban J connectivity index is 1.25. The number of aromatic nitrogens is 2. The fourth-order valence-electron chi connectivity index (χ4n) is 6.62. The average molecular weight is 626 g/mol. The van der Waals surface area contributed by atoms with Gasteiger partial charge in [0, 0.05) is 56.1 Å². The number of rotatable bonds is 6. The first-order valence-electron chi connectivity index (χ1n) is 16.1. The van der Waals surface area contributed by atoms with E-state index in [9.17, 15) is 0 Å². The van der Waals surface area contributed by atoms with Gasteiger partial charge in [-0.15, -0.1) is 11.3 Å². The third kappa shape index (κ3) is 5.66. The van der Waals surface area contributed by atoms with Crippen molar-refractivity contribution in [1.82, 2.24) is 9.97 Å². The van der Waals surface area contributed by atoms with Crippen molar-refractivity contribution in [3.8, 4) is 22.5 Å². The lowest BCUT2D eigenvalue weighted by atomic mass is 9.87. The second-order valence-corrected chi connectivity index (χ2v) is 14.4. The molecule has 0 N–H and O–H groups in total. The van der Waals surface area contributed by atoms with Crippen molar-refractivity contribution >= 4 is 59.3 Å². The molecule has 8 aromatic rings. The molecule has 0 atom stereocenters. The van der Waals surface area contributed by atoms with E-state index < -0.39 is 0 Å². The summed E-state index contributed by atoms with van der Waals surface area (Å²) in [6, 6.07) is 47.7. The van der Waals surface area contributed by atoms with Gasteiger partial charge in [-0.05, 0) is 82.8 Å². The molecular formula is C43H35N3S. The molecule has 0 saturated carbocycles. The van der Waals surface area contributed by atoms with E-state index in [1.54, 1.807) is 0 Å². The van der Waals surface area contributed by atoms with Crippen LogP contribution in [0.4, 0.5) is 17.1 Å². The number of pyridine rings is 2. The summed E-state index contributed by atoms with van der Waals surface area (Å²) in [5.74, 6) is 0. The summed E-state index contributed by atoms with van der Waals surface area (Å²) in [4.78, 5) is 11.9. The Labute approximate surface area is 279 Å². The Hall–Kier alpha value is -5.32. The van der Waals surface area contributed by atoms with Crippen LogP contribution in [0.1, 0.15) is 26.3 Å². The molecule has 47 heavy (non-hydrogen) atoms. The lowest BCUT2D eigenvalue weighted by molar-refractivity contribution is 0.411. The minimum absolute atomic E-state index is 0.252. The fourth-order valence-corrected chi connectivity index (χ4v) is 7.96. The van der Waals surface area contributed by atoms with Gasteiger partial charge in [-0.2, -0.15) is 0 Å². The Bertz CT molecular complexity index is 2370. The normalized spacial score (nSPS) is 11.8. The summed E-state index contributed by atoms with van der Waals surface area (Å²) < 4.78 is 2.54. The minimum Gasteiger partial charge on any atom is -0.310 e. The molecule has 0 bridgehead atoms. The molecule has 0 saturated heterocycles. The molecule has 0 aliphatic carbocycles. The van der Waals surface area contributed by atoms with Crippen LogP contribution in [0.3, 0.4) is 0 Å². The first-order valence-corrected chi connectivity index (χ1v) is 16.9. The van der Waals surface area contributed by atoms with E-state index in [0.29, 0.717) is 0 Å². The standard InChI is InChI=1S/C43H35N3S/c1-43(2,3)28-29-18-20-36-30(25-29)19-21-37-38-22-24-45-40(42(38)47-41(36)37)32-12-10-16-35(27-32)46(33-13-5-4-6-14-33)34-15-9-11-31(26-34)39-17-7-8-23-44-39/h4-27H,28H2,1-3H3. The van der Waals surface area contributed by atoms with E-state index in [0.717, 1.165) is 46.0 Å². The summed E-state index contributed by atoms with van der Waals surface area (Å²) in [5.41, 5.74) is 9.01. The van der Waals surface area contributed by atoms with Crippen LogP contribution >= 0.6 is 11.3 Å². The van der Waals surface area contributed by atoms with Gasteiger partial charge < -0.3 is 4.90 Å². The molecule has 4 heteroatoms. The predicted molar refractivity (Wildman–Crippen MR) is 201 cm³/mol. The molecule has 3 aromatic heterocycles. The monoisotopic (exact) mass is 625 g/mol. The number of benzene rings is 5. The van der Waals surface area contributed by atoms with Gasteiger partial charge >= 0.3 is 0 Å². The van der Waals surface area contributed by atoms with Gasteiger partial charge in [0.25, 0.3) is 0 Å². The maximum absolute atomic E-state index is 4.99. The van der Waals surface area contributed by atoms with Crippen molar-refractivity contribution in [3.05, 3.63) is 151 Å². The number of fused-ring (bicyclic) bond motifs is 5. The summed E-state index contributed by atoms with van der Waals surface area (Å²) in [6.07, 6.45) is 4.86. The van der Waals surface area contributed by atoms with Crippen LogP contribution < -0.4 is 4.90 Å². The quantitative estimate of drug-likeness (QED) is 0.184. The maximum atomic E-state index is 4.99. The molecule has 5 aromatic carbocycles. The third-order valence-electron chi connectivity index (χ3n) is 8.63. The SMILES string of the molecule is CC(C)(C)Cc1ccc2c(ccc3c4ccnc(-c5cccc(N(c6ccccc6)c6cccc(-c7ccccn7)c6)c5)c4sc23)c1. The average Bonchev–Trinajstić information content (AvgIpc) is 3.48. The lowest BCUT2D eigenvalue weighted by Crippen LogP contribution is -2.10. The number of anilines is 3. The van der Waals surface area contributed by atoms with Gasteiger partial charge in [-0.25, -0.2) is 0 Å². The molecule has 0 spiro atoms. The van der Waals surface area contributed by atoms with E-state index in [2.05, 4.69) is 152 Å². The molecule has 0 amide bonds. The smallest absolute Gasteiger partial charge is 0.0881 e. The number of para-hydroxylation sites is 1. The van der Waals surface area contributed by atoms with Crippen molar-refractivity contribution in [1.29, 1.82) is 0 Å². The van der Waals surface area contributed by atoms with E-state index >= 15 is 0 Å². The van der Waals surface area contributed by atoms with E-state index in [-0.39, 0.29) is 5.41 Å². The van der Waals surface area contributed by atoms with Crippen molar-refractivity contribution in [2.24, 2.45) is 5.41 Å². The second kappa shape index (κ2) is 11.8. The highest BCUT2D eigenvalue weighted by Crippen LogP contribution is 2.44. The first-order chi connectivity index (χ1) is 22.9. The minimum atomic E-state index is 0.252. The largest absolute Gasteiger partial charge is 0.310 e. The first kappa shape index (κ1) is 29.1. The zero-order valence-corrected chi connectivity index (χ0v) is 27.6. The predicted octanol–water partition coefficient (Wildman–Crippen LogP) is 12.4. The van der Waals surface area contributed by atoms with Crippen LogP contribution in [0.2, 0.25) is 0 Å². The Morgan fingerprint density at radius 2 is 1.26 bits per heavy atom. The summed E-state index contributed by atoms with van der Waals surface area (Å²) >= 11 is 1.86. The lowest BCUT2D eigenvalue weighted by Gasteiger charge is -2.26. The van der Waals surface area contributed by atoms with Gasteiger partial charge in [0.05, 0.1) is 16.1 Å². The number of hydrogen-bond donors (Lipinski definition) is 0. The number of hydrogen-bond acceptors (Lipinski definition) is 4. The maximum Gasteiger partial charge on any atom is 0.0881 e. The molecule has 0 fully saturated rings. The zero-order chi connectivity index (χ0) is 32.0. The van der Waals surface area contributed by atoms with Gasteiger partial charge in [0.2, 0.25) is 0 Å². The summed E-state index contributed by atoms with van der Waals surface area (Å²) in [7, 11) is 0. The van der Waals surface area contributed by atoms with E-state index in [1.807, 2.05) is 35.9 Å². The van der Waals surface area contributed by atoms with Gasteiger partial charge in [-0.1, -0.05) is 99.6 Å². The molecule has 0 unspecified atom stereocenters. The summed E-state index contributed by atoms with van der Waals surface area (Å²) in [5, 5.41) is 5.15. The Morgan fingerprint density at radius 1 is 0.553 bits per heavy atom. The van der Waals surface area contributed by atoms with Crippen LogP contribution in [-0.4, -0.2) is 9.97 Å². The van der Waals surface area contributed by atoms with E-state index in [1.165, 1.54) is 36.5 Å². The van der Waals surface area contributed by atoms with Gasteiger partial charge in [0.15, 0.2) is 0 Å². The van der Waals surface area contributed by atoms with Crippen molar-refractivity contribution < 1.29 is 0 Å². The topological polar surface area (TPSA) is 29.0 Å². The van der Waals surface area contributed by atoms with Crippen LogP contribution in [0.5, 0.6) is 0 Å². The number of nitrogens with zero attached hydrogens (tertiary/aromatic N) is 3.